The number of halogens is 2. The maximum absolute atomic E-state index is 12.0. The largest absolute Gasteiger partial charge is 0.484 e. The van der Waals surface area contributed by atoms with Crippen LogP contribution in [0.15, 0.2) is 57.7 Å². The van der Waals surface area contributed by atoms with Crippen LogP contribution in [-0.4, -0.2) is 12.5 Å². The number of anilines is 1. The van der Waals surface area contributed by atoms with Crippen LogP contribution in [0.2, 0.25) is 5.02 Å². The van der Waals surface area contributed by atoms with Crippen molar-refractivity contribution in [1.29, 1.82) is 0 Å². The summed E-state index contributed by atoms with van der Waals surface area (Å²) >= 11 is 8.20. The summed E-state index contributed by atoms with van der Waals surface area (Å²) in [6.45, 7) is -0.190. The summed E-state index contributed by atoms with van der Waals surface area (Å²) in [4.78, 5) is 23.2. The van der Waals surface area contributed by atoms with Gasteiger partial charge in [-0.2, -0.15) is 0 Å². The molecule has 0 aliphatic rings. The van der Waals surface area contributed by atoms with Crippen molar-refractivity contribution in [3.8, 4) is 5.75 Å². The van der Waals surface area contributed by atoms with Crippen LogP contribution in [0.3, 0.4) is 0 Å². The van der Waals surface area contributed by atoms with Crippen molar-refractivity contribution >= 4 is 56.8 Å². The summed E-state index contributed by atoms with van der Waals surface area (Å²) in [6, 6.07) is 13.4. The van der Waals surface area contributed by atoms with E-state index in [2.05, 4.69) is 27.9 Å². The first kappa shape index (κ1) is 16.8. The number of hydrogen-bond acceptors (Lipinski definition) is 4. The minimum Gasteiger partial charge on any atom is -0.484 e. The van der Waals surface area contributed by atoms with Gasteiger partial charge in [-0.25, -0.2) is 4.79 Å². The zero-order chi connectivity index (χ0) is 17.1. The molecule has 3 rings (SSSR count). The second-order valence-electron chi connectivity index (χ2n) is 4.92. The second-order valence-corrected chi connectivity index (χ2v) is 6.57. The van der Waals surface area contributed by atoms with Crippen LogP contribution >= 0.6 is 34.2 Å². The molecule has 0 saturated carbocycles. The van der Waals surface area contributed by atoms with Crippen LogP contribution < -0.4 is 15.7 Å². The van der Waals surface area contributed by atoms with E-state index >= 15 is 0 Å². The fourth-order valence-electron chi connectivity index (χ4n) is 2.06. The molecule has 0 spiro atoms. The standard InChI is InChI=1S/C17H11ClINO4/c18-13-7-11(19)3-5-14(13)20-16(21)9-23-12-4-1-10-2-6-17(22)24-15(10)8-12/h1-8H,9H2,(H,20,21). The van der Waals surface area contributed by atoms with Crippen molar-refractivity contribution in [2.24, 2.45) is 0 Å². The molecule has 0 fully saturated rings. The second kappa shape index (κ2) is 7.23. The van der Waals surface area contributed by atoms with E-state index in [0.29, 0.717) is 22.0 Å². The van der Waals surface area contributed by atoms with Gasteiger partial charge in [-0.1, -0.05) is 11.6 Å². The zero-order valence-corrected chi connectivity index (χ0v) is 15.1. The van der Waals surface area contributed by atoms with Crippen LogP contribution in [0.4, 0.5) is 5.69 Å². The molecule has 2 aromatic carbocycles. The monoisotopic (exact) mass is 455 g/mol. The van der Waals surface area contributed by atoms with E-state index in [1.807, 2.05) is 6.07 Å². The van der Waals surface area contributed by atoms with Gasteiger partial charge in [0.1, 0.15) is 11.3 Å². The summed E-state index contributed by atoms with van der Waals surface area (Å²) in [6.07, 6.45) is 0. The molecule has 0 unspecified atom stereocenters. The molecule has 0 bridgehead atoms. The molecular formula is C17H11ClINO4. The highest BCUT2D eigenvalue weighted by molar-refractivity contribution is 14.1. The lowest BCUT2D eigenvalue weighted by Crippen LogP contribution is -2.20. The predicted molar refractivity (Wildman–Crippen MR) is 101 cm³/mol. The van der Waals surface area contributed by atoms with Gasteiger partial charge in [-0.3, -0.25) is 4.79 Å². The van der Waals surface area contributed by atoms with E-state index < -0.39 is 5.63 Å². The van der Waals surface area contributed by atoms with Crippen molar-refractivity contribution in [3.05, 3.63) is 67.5 Å². The van der Waals surface area contributed by atoms with Gasteiger partial charge < -0.3 is 14.5 Å². The number of nitrogens with one attached hydrogen (secondary N) is 1. The van der Waals surface area contributed by atoms with E-state index in [4.69, 9.17) is 20.8 Å². The maximum atomic E-state index is 12.0. The summed E-state index contributed by atoms with van der Waals surface area (Å²) in [5, 5.41) is 3.92. The number of ether oxygens (including phenoxy) is 1. The topological polar surface area (TPSA) is 68.5 Å². The number of benzene rings is 2. The highest BCUT2D eigenvalue weighted by Crippen LogP contribution is 2.24. The average molecular weight is 456 g/mol. The fraction of sp³-hybridized carbons (Fsp3) is 0.0588. The fourth-order valence-corrected chi connectivity index (χ4v) is 2.96. The molecule has 0 saturated heterocycles. The van der Waals surface area contributed by atoms with Crippen molar-refractivity contribution in [2.45, 2.75) is 0 Å². The normalized spacial score (nSPS) is 10.6. The first-order valence-corrected chi connectivity index (χ1v) is 8.38. The Bertz CT molecular complexity index is 970. The Balaban J connectivity index is 1.66. The Kier molecular flexibility index (Phi) is 5.06. The summed E-state index contributed by atoms with van der Waals surface area (Å²) in [7, 11) is 0. The molecule has 24 heavy (non-hydrogen) atoms. The Morgan fingerprint density at radius 2 is 1.96 bits per heavy atom. The van der Waals surface area contributed by atoms with E-state index in [9.17, 15) is 9.59 Å². The average Bonchev–Trinajstić information content (AvgIpc) is 2.55. The van der Waals surface area contributed by atoms with Crippen molar-refractivity contribution in [1.82, 2.24) is 0 Å². The van der Waals surface area contributed by atoms with Gasteiger partial charge in [0.15, 0.2) is 6.61 Å². The van der Waals surface area contributed by atoms with E-state index in [1.54, 1.807) is 36.4 Å². The smallest absolute Gasteiger partial charge is 0.336 e. The van der Waals surface area contributed by atoms with Crippen LogP contribution in [-0.2, 0) is 4.79 Å². The summed E-state index contributed by atoms with van der Waals surface area (Å²) in [5.74, 6) is 0.0911. The van der Waals surface area contributed by atoms with Gasteiger partial charge in [-0.05, 0) is 59.0 Å². The third-order valence-electron chi connectivity index (χ3n) is 3.17. The van der Waals surface area contributed by atoms with Crippen molar-refractivity contribution < 1.29 is 13.9 Å². The molecule has 3 aromatic rings. The lowest BCUT2D eigenvalue weighted by Gasteiger charge is -2.09. The van der Waals surface area contributed by atoms with Gasteiger partial charge in [0, 0.05) is 21.1 Å². The molecule has 0 aliphatic heterocycles. The maximum Gasteiger partial charge on any atom is 0.336 e. The third kappa shape index (κ3) is 4.07. The number of carbonyl (C=O) groups is 1. The molecule has 7 heteroatoms. The molecule has 0 aliphatic carbocycles. The minimum absolute atomic E-state index is 0.190. The first-order chi connectivity index (χ1) is 11.5. The van der Waals surface area contributed by atoms with E-state index in [0.717, 1.165) is 8.96 Å². The van der Waals surface area contributed by atoms with Gasteiger partial charge in [0.2, 0.25) is 0 Å². The molecule has 1 heterocycles. The quantitative estimate of drug-likeness (QED) is 0.476. The number of hydrogen-bond donors (Lipinski definition) is 1. The number of carbonyl (C=O) groups excluding carboxylic acids is 1. The minimum atomic E-state index is -0.439. The van der Waals surface area contributed by atoms with Crippen LogP contribution in [0, 0.1) is 3.57 Å². The van der Waals surface area contributed by atoms with Gasteiger partial charge >= 0.3 is 5.63 Å². The predicted octanol–water partition coefficient (Wildman–Crippen LogP) is 4.07. The molecular weight excluding hydrogens is 445 g/mol. The van der Waals surface area contributed by atoms with E-state index in [1.165, 1.54) is 6.07 Å². The molecule has 1 N–H and O–H groups in total. The Morgan fingerprint density at radius 3 is 2.75 bits per heavy atom. The number of amides is 1. The molecule has 0 radical (unpaired) electrons. The SMILES string of the molecule is O=C(COc1ccc2ccc(=O)oc2c1)Nc1ccc(I)cc1Cl. The van der Waals surface area contributed by atoms with Gasteiger partial charge in [0.05, 0.1) is 10.7 Å². The molecule has 122 valence electrons. The Labute approximate surface area is 155 Å². The van der Waals surface area contributed by atoms with Gasteiger partial charge in [-0.15, -0.1) is 0 Å². The first-order valence-electron chi connectivity index (χ1n) is 6.93. The number of fused-ring (bicyclic) bond motifs is 1. The molecule has 1 aromatic heterocycles. The highest BCUT2D eigenvalue weighted by atomic mass is 127. The third-order valence-corrected chi connectivity index (χ3v) is 4.15. The van der Waals surface area contributed by atoms with Crippen LogP contribution in [0.25, 0.3) is 11.0 Å². The molecule has 0 atom stereocenters. The highest BCUT2D eigenvalue weighted by Gasteiger charge is 2.08. The Morgan fingerprint density at radius 1 is 1.17 bits per heavy atom. The van der Waals surface area contributed by atoms with Crippen molar-refractivity contribution in [3.63, 3.8) is 0 Å². The van der Waals surface area contributed by atoms with Crippen molar-refractivity contribution in [2.75, 3.05) is 11.9 Å². The summed E-state index contributed by atoms with van der Waals surface area (Å²) < 4.78 is 11.5. The van der Waals surface area contributed by atoms with Crippen LogP contribution in [0.1, 0.15) is 0 Å². The lowest BCUT2D eigenvalue weighted by molar-refractivity contribution is -0.118. The Hall–Kier alpha value is -2.06. The lowest BCUT2D eigenvalue weighted by atomic mass is 10.2. The van der Waals surface area contributed by atoms with Gasteiger partial charge in [0.25, 0.3) is 5.91 Å². The molecule has 1 amide bonds. The van der Waals surface area contributed by atoms with E-state index in [-0.39, 0.29) is 12.5 Å². The van der Waals surface area contributed by atoms with Crippen LogP contribution in [0.5, 0.6) is 5.75 Å². The number of rotatable bonds is 4. The zero-order valence-electron chi connectivity index (χ0n) is 12.2. The summed E-state index contributed by atoms with van der Waals surface area (Å²) in [5.41, 5.74) is 0.488. The molecule has 5 nitrogen and oxygen atoms in total.